The minimum Gasteiger partial charge on any atom is -0.396 e. The number of rotatable bonds is 3. The third-order valence-electron chi connectivity index (χ3n) is 3.84. The molecule has 0 saturated carbocycles. The second-order valence-electron chi connectivity index (χ2n) is 5.14. The third kappa shape index (κ3) is 3.44. The normalized spacial score (nSPS) is 30.6. The van der Waals surface area contributed by atoms with E-state index < -0.39 is 0 Å². The molecule has 2 heterocycles. The molecule has 88 valence electrons. The molecule has 0 spiro atoms. The van der Waals surface area contributed by atoms with Gasteiger partial charge in [0.15, 0.2) is 0 Å². The molecule has 1 atom stereocenters. The van der Waals surface area contributed by atoms with Crippen LogP contribution in [0.5, 0.6) is 0 Å². The van der Waals surface area contributed by atoms with E-state index in [4.69, 9.17) is 0 Å². The number of piperidine rings is 2. The van der Waals surface area contributed by atoms with Gasteiger partial charge < -0.3 is 15.3 Å². The summed E-state index contributed by atoms with van der Waals surface area (Å²) in [6.45, 7) is 6.41. The molecular weight excluding hydrogens is 188 g/mol. The molecule has 2 rings (SSSR count). The van der Waals surface area contributed by atoms with Gasteiger partial charge in [-0.3, -0.25) is 0 Å². The van der Waals surface area contributed by atoms with Crippen molar-refractivity contribution in [3.05, 3.63) is 0 Å². The summed E-state index contributed by atoms with van der Waals surface area (Å²) in [6.07, 6.45) is 5.16. The number of nitrogens with zero attached hydrogens (tertiary/aromatic N) is 1. The van der Waals surface area contributed by atoms with Crippen molar-refractivity contribution in [3.63, 3.8) is 0 Å². The minimum atomic E-state index is 0.378. The standard InChI is InChI=1S/C12H24N2O/c15-10-12-2-1-7-14(9-12)8-11-3-5-13-6-4-11/h11-13,15H,1-10H2. The quantitative estimate of drug-likeness (QED) is 0.722. The van der Waals surface area contributed by atoms with Crippen LogP contribution in [-0.2, 0) is 0 Å². The Kier molecular flexibility index (Phi) is 4.42. The molecule has 0 amide bonds. The van der Waals surface area contributed by atoms with Crippen LogP contribution in [0.2, 0.25) is 0 Å². The molecule has 0 bridgehead atoms. The van der Waals surface area contributed by atoms with Crippen LogP contribution in [0.4, 0.5) is 0 Å². The average Bonchev–Trinajstić information content (AvgIpc) is 2.31. The highest BCUT2D eigenvalue weighted by atomic mass is 16.3. The second kappa shape index (κ2) is 5.83. The van der Waals surface area contributed by atoms with Gasteiger partial charge in [0.1, 0.15) is 0 Å². The molecule has 2 N–H and O–H groups in total. The van der Waals surface area contributed by atoms with E-state index in [0.29, 0.717) is 12.5 Å². The molecule has 2 saturated heterocycles. The predicted octanol–water partition coefficient (Wildman–Crippen LogP) is 0.690. The van der Waals surface area contributed by atoms with Crippen LogP contribution in [-0.4, -0.2) is 49.3 Å². The lowest BCUT2D eigenvalue weighted by atomic mass is 9.94. The lowest BCUT2D eigenvalue weighted by Crippen LogP contribution is -2.42. The van der Waals surface area contributed by atoms with Gasteiger partial charge >= 0.3 is 0 Å². The van der Waals surface area contributed by atoms with Crippen LogP contribution >= 0.6 is 0 Å². The van der Waals surface area contributed by atoms with E-state index in [0.717, 1.165) is 12.5 Å². The lowest BCUT2D eigenvalue weighted by Gasteiger charge is -2.35. The van der Waals surface area contributed by atoms with Gasteiger partial charge in [0, 0.05) is 19.7 Å². The largest absolute Gasteiger partial charge is 0.396 e. The van der Waals surface area contributed by atoms with Crippen LogP contribution in [0.25, 0.3) is 0 Å². The van der Waals surface area contributed by atoms with E-state index in [1.807, 2.05) is 0 Å². The Hall–Kier alpha value is -0.120. The van der Waals surface area contributed by atoms with Crippen LogP contribution in [0.1, 0.15) is 25.7 Å². The topological polar surface area (TPSA) is 35.5 Å². The molecule has 0 aromatic carbocycles. The molecule has 2 fully saturated rings. The maximum absolute atomic E-state index is 9.18. The zero-order valence-electron chi connectivity index (χ0n) is 9.62. The summed E-state index contributed by atoms with van der Waals surface area (Å²) in [4.78, 5) is 2.57. The van der Waals surface area contributed by atoms with Crippen LogP contribution in [0, 0.1) is 11.8 Å². The number of aliphatic hydroxyl groups excluding tert-OH is 1. The van der Waals surface area contributed by atoms with Gasteiger partial charge in [-0.2, -0.15) is 0 Å². The summed E-state index contributed by atoms with van der Waals surface area (Å²) in [5.74, 6) is 1.43. The Morgan fingerprint density at radius 1 is 1.13 bits per heavy atom. The molecule has 3 nitrogen and oxygen atoms in total. The first kappa shape index (κ1) is 11.4. The highest BCUT2D eigenvalue weighted by Crippen LogP contribution is 2.20. The first-order valence-electron chi connectivity index (χ1n) is 6.42. The van der Waals surface area contributed by atoms with Gasteiger partial charge in [-0.1, -0.05) is 0 Å². The molecule has 0 aromatic rings. The third-order valence-corrected chi connectivity index (χ3v) is 3.84. The number of nitrogens with one attached hydrogen (secondary N) is 1. The average molecular weight is 212 g/mol. The smallest absolute Gasteiger partial charge is 0.0471 e. The van der Waals surface area contributed by atoms with E-state index in [9.17, 15) is 5.11 Å². The Bertz CT molecular complexity index is 180. The van der Waals surface area contributed by atoms with Crippen molar-refractivity contribution < 1.29 is 5.11 Å². The zero-order chi connectivity index (χ0) is 10.5. The number of hydrogen-bond donors (Lipinski definition) is 2. The fourth-order valence-corrected chi connectivity index (χ4v) is 2.90. The maximum Gasteiger partial charge on any atom is 0.0471 e. The van der Waals surface area contributed by atoms with Crippen molar-refractivity contribution in [2.24, 2.45) is 11.8 Å². The predicted molar refractivity (Wildman–Crippen MR) is 61.8 cm³/mol. The fourth-order valence-electron chi connectivity index (χ4n) is 2.90. The Morgan fingerprint density at radius 3 is 2.67 bits per heavy atom. The van der Waals surface area contributed by atoms with Gasteiger partial charge in [-0.15, -0.1) is 0 Å². The summed E-state index contributed by atoms with van der Waals surface area (Å²) >= 11 is 0. The van der Waals surface area contributed by atoms with Gasteiger partial charge in [0.05, 0.1) is 0 Å². The molecule has 3 heteroatoms. The van der Waals surface area contributed by atoms with Crippen molar-refractivity contribution in [1.29, 1.82) is 0 Å². The SMILES string of the molecule is OCC1CCCN(CC2CCNCC2)C1. The molecule has 0 aliphatic carbocycles. The Labute approximate surface area is 92.8 Å². The van der Waals surface area contributed by atoms with E-state index in [-0.39, 0.29) is 0 Å². The van der Waals surface area contributed by atoms with Gasteiger partial charge in [-0.25, -0.2) is 0 Å². The highest BCUT2D eigenvalue weighted by Gasteiger charge is 2.22. The first-order valence-corrected chi connectivity index (χ1v) is 6.42. The molecule has 15 heavy (non-hydrogen) atoms. The second-order valence-corrected chi connectivity index (χ2v) is 5.14. The van der Waals surface area contributed by atoms with Crippen molar-refractivity contribution in [2.75, 3.05) is 39.3 Å². The summed E-state index contributed by atoms with van der Waals surface area (Å²) < 4.78 is 0. The zero-order valence-corrected chi connectivity index (χ0v) is 9.62. The van der Waals surface area contributed by atoms with E-state index in [2.05, 4.69) is 10.2 Å². The summed E-state index contributed by atoms with van der Waals surface area (Å²) in [5, 5.41) is 12.6. The Balaban J connectivity index is 1.72. The molecular formula is C12H24N2O. The van der Waals surface area contributed by atoms with E-state index in [1.54, 1.807) is 0 Å². The number of aliphatic hydroxyl groups is 1. The molecule has 2 aliphatic rings. The van der Waals surface area contributed by atoms with E-state index >= 15 is 0 Å². The fraction of sp³-hybridized carbons (Fsp3) is 1.00. The number of hydrogen-bond acceptors (Lipinski definition) is 3. The maximum atomic E-state index is 9.18. The van der Waals surface area contributed by atoms with Gasteiger partial charge in [0.25, 0.3) is 0 Å². The summed E-state index contributed by atoms with van der Waals surface area (Å²) in [7, 11) is 0. The monoisotopic (exact) mass is 212 g/mol. The first-order chi connectivity index (χ1) is 7.38. The van der Waals surface area contributed by atoms with Gasteiger partial charge in [0.2, 0.25) is 0 Å². The van der Waals surface area contributed by atoms with Crippen LogP contribution < -0.4 is 5.32 Å². The molecule has 0 radical (unpaired) electrons. The van der Waals surface area contributed by atoms with Crippen LogP contribution in [0.15, 0.2) is 0 Å². The van der Waals surface area contributed by atoms with Crippen LogP contribution in [0.3, 0.4) is 0 Å². The molecule has 2 aliphatic heterocycles. The van der Waals surface area contributed by atoms with Crippen molar-refractivity contribution in [1.82, 2.24) is 10.2 Å². The van der Waals surface area contributed by atoms with Gasteiger partial charge in [-0.05, 0) is 57.2 Å². The molecule has 0 aromatic heterocycles. The van der Waals surface area contributed by atoms with Crippen molar-refractivity contribution in [3.8, 4) is 0 Å². The minimum absolute atomic E-state index is 0.378. The summed E-state index contributed by atoms with van der Waals surface area (Å²) in [6, 6.07) is 0. The van der Waals surface area contributed by atoms with E-state index in [1.165, 1.54) is 51.9 Å². The van der Waals surface area contributed by atoms with Crippen molar-refractivity contribution >= 4 is 0 Å². The number of likely N-dealkylation sites (tertiary alicyclic amines) is 1. The lowest BCUT2D eigenvalue weighted by molar-refractivity contribution is 0.102. The Morgan fingerprint density at radius 2 is 1.93 bits per heavy atom. The molecule has 1 unspecified atom stereocenters. The van der Waals surface area contributed by atoms with Crippen molar-refractivity contribution in [2.45, 2.75) is 25.7 Å². The highest BCUT2D eigenvalue weighted by molar-refractivity contribution is 4.77. The summed E-state index contributed by atoms with van der Waals surface area (Å²) in [5.41, 5.74) is 0.